The van der Waals surface area contributed by atoms with Gasteiger partial charge >= 0.3 is 0 Å². The van der Waals surface area contributed by atoms with Crippen LogP contribution in [0.5, 0.6) is 0 Å². The second-order valence-corrected chi connectivity index (χ2v) is 11.7. The second-order valence-electron chi connectivity index (χ2n) is 11.7. The summed E-state index contributed by atoms with van der Waals surface area (Å²) in [5.74, 6) is 0. The Kier molecular flexibility index (Phi) is 4.05. The van der Waals surface area contributed by atoms with Gasteiger partial charge in [-0.3, -0.25) is 0 Å². The molecule has 0 aliphatic heterocycles. The van der Waals surface area contributed by atoms with Crippen LogP contribution in [0.4, 0.5) is 0 Å². The largest absolute Gasteiger partial charge is 0.456 e. The predicted molar refractivity (Wildman–Crippen MR) is 200 cm³/mol. The van der Waals surface area contributed by atoms with Crippen LogP contribution in [0.1, 0.15) is 12.3 Å². The number of furan rings is 1. The topological polar surface area (TPSA) is 13.1 Å². The molecule has 1 heteroatoms. The summed E-state index contributed by atoms with van der Waals surface area (Å²) in [6.45, 7) is 0. The van der Waals surface area contributed by atoms with E-state index in [4.69, 9.17) is 15.4 Å². The molecule has 0 saturated carbocycles. The van der Waals surface area contributed by atoms with Gasteiger partial charge in [0.1, 0.15) is 11.2 Å². The third kappa shape index (κ3) is 3.97. The zero-order valence-corrected chi connectivity index (χ0v) is 24.9. The number of fused-ring (bicyclic) bond motifs is 7. The highest BCUT2D eigenvalue weighted by Crippen LogP contribution is 2.46. The predicted octanol–water partition coefficient (Wildman–Crippen LogP) is 13.2. The van der Waals surface area contributed by atoms with Gasteiger partial charge in [-0.15, -0.1) is 0 Å². The Morgan fingerprint density at radius 2 is 0.979 bits per heavy atom. The van der Waals surface area contributed by atoms with Crippen LogP contribution >= 0.6 is 0 Å². The first-order chi connectivity index (χ1) is 27.1. The summed E-state index contributed by atoms with van der Waals surface area (Å²) in [5, 5.41) is 6.61. The van der Waals surface area contributed by atoms with E-state index in [2.05, 4.69) is 78.9 Å². The van der Waals surface area contributed by atoms with Gasteiger partial charge in [0.05, 0.1) is 12.3 Å². The van der Waals surface area contributed by atoms with Crippen LogP contribution in [0.15, 0.2) is 174 Å². The molecular formula is C46H28O. The van der Waals surface area contributed by atoms with Gasteiger partial charge in [-0.2, -0.15) is 0 Å². The minimum absolute atomic E-state index is 0.0598. The van der Waals surface area contributed by atoms with Gasteiger partial charge in [-0.1, -0.05) is 152 Å². The zero-order chi connectivity index (χ0) is 38.7. The van der Waals surface area contributed by atoms with E-state index >= 15 is 0 Å². The van der Waals surface area contributed by atoms with E-state index in [1.54, 1.807) is 0 Å². The highest BCUT2D eigenvalue weighted by atomic mass is 16.3. The van der Waals surface area contributed by atoms with Crippen molar-refractivity contribution in [3.8, 4) is 33.4 Å². The monoisotopic (exact) mass is 605 g/mol. The average molecular weight is 606 g/mol. The molecule has 0 saturated heterocycles. The van der Waals surface area contributed by atoms with E-state index in [0.717, 1.165) is 49.2 Å². The third-order valence-electron chi connectivity index (χ3n) is 9.15. The molecule has 0 spiro atoms. The molecule has 0 amide bonds. The van der Waals surface area contributed by atoms with Crippen LogP contribution in [0.2, 0.25) is 0 Å². The molecule has 1 aromatic heterocycles. The van der Waals surface area contributed by atoms with E-state index in [0.29, 0.717) is 5.56 Å². The zero-order valence-electron chi connectivity index (χ0n) is 33.9. The quantitative estimate of drug-likeness (QED) is 0.183. The summed E-state index contributed by atoms with van der Waals surface area (Å²) in [5.41, 5.74) is 4.79. The van der Waals surface area contributed by atoms with E-state index < -0.39 is 24.2 Å². The lowest BCUT2D eigenvalue weighted by atomic mass is 9.84. The van der Waals surface area contributed by atoms with Crippen LogP contribution in [-0.4, -0.2) is 0 Å². The Morgan fingerprint density at radius 1 is 0.383 bits per heavy atom. The molecule has 1 heterocycles. The molecule has 0 unspecified atom stereocenters. The third-order valence-corrected chi connectivity index (χ3v) is 9.15. The fourth-order valence-corrected chi connectivity index (χ4v) is 7.11. The summed E-state index contributed by atoms with van der Waals surface area (Å²) < 4.78 is 84.5. The smallest absolute Gasteiger partial charge is 0.136 e. The van der Waals surface area contributed by atoms with Crippen molar-refractivity contribution >= 4 is 65.0 Å². The first-order valence-electron chi connectivity index (χ1n) is 20.0. The molecule has 10 aromatic rings. The summed E-state index contributed by atoms with van der Waals surface area (Å²) in [6.07, 6.45) is 0. The maximum atomic E-state index is 9.25. The SMILES string of the molecule is [2H]c1c([2H])c(-c2ccc(-c3c4ccccc4c(-c4cccc5ccccc45)c4ccccc34)cc2)c2c(oc3c([2H])c4c([2H])c([2H])c([2H])c([2H])c4c([2H])c32)c1[2H]. The normalized spacial score (nSPS) is 14.5. The minimum atomic E-state index is -0.529. The summed E-state index contributed by atoms with van der Waals surface area (Å²) in [6, 6.07) is 35.6. The van der Waals surface area contributed by atoms with Gasteiger partial charge in [-0.25, -0.2) is 0 Å². The van der Waals surface area contributed by atoms with E-state index in [1.165, 1.54) is 5.39 Å². The molecule has 9 aromatic carbocycles. The highest BCUT2D eigenvalue weighted by molar-refractivity contribution is 6.23. The van der Waals surface area contributed by atoms with Crippen molar-refractivity contribution < 1.29 is 16.8 Å². The number of hydrogen-bond acceptors (Lipinski definition) is 1. The molecule has 10 rings (SSSR count). The van der Waals surface area contributed by atoms with Crippen LogP contribution < -0.4 is 0 Å². The van der Waals surface area contributed by atoms with Gasteiger partial charge in [0.2, 0.25) is 0 Å². The molecule has 218 valence electrons. The molecule has 0 fully saturated rings. The Morgan fingerprint density at radius 3 is 1.70 bits per heavy atom. The van der Waals surface area contributed by atoms with Crippen LogP contribution in [0.25, 0.3) is 98.4 Å². The van der Waals surface area contributed by atoms with Gasteiger partial charge in [0.15, 0.2) is 0 Å². The standard InChI is InChI=1S/C46H28O/c1-2-13-33-28-43-41(27-32(33)12-1)46-35(20-10-22-42(46)47-43)30-23-25-31(26-24-30)44-37-16-5-7-18-39(37)45(40-19-8-6-17-38(40)44)36-21-9-14-29-11-3-4-15-34(29)36/h1-28H/i1D,2D,10D,12D,13D,20D,22D,27D,28D. The van der Waals surface area contributed by atoms with Crippen molar-refractivity contribution in [2.45, 2.75) is 0 Å². The molecule has 47 heavy (non-hydrogen) atoms. The molecule has 0 atom stereocenters. The summed E-state index contributed by atoms with van der Waals surface area (Å²) in [7, 11) is 0. The Balaban J connectivity index is 1.24. The molecular weight excluding hydrogens is 569 g/mol. The van der Waals surface area contributed by atoms with Gasteiger partial charge in [-0.05, 0) is 94.6 Å². The molecule has 0 N–H and O–H groups in total. The Bertz CT molecular complexity index is 3290. The van der Waals surface area contributed by atoms with Crippen molar-refractivity contribution in [3.05, 3.63) is 170 Å². The van der Waals surface area contributed by atoms with E-state index in [9.17, 15) is 1.37 Å². The molecule has 0 radical (unpaired) electrons. The van der Waals surface area contributed by atoms with Crippen LogP contribution in [0.3, 0.4) is 0 Å². The van der Waals surface area contributed by atoms with Gasteiger partial charge < -0.3 is 4.42 Å². The number of hydrogen-bond donors (Lipinski definition) is 0. The lowest BCUT2D eigenvalue weighted by Crippen LogP contribution is -1.91. The molecule has 0 bridgehead atoms. The Hall–Kier alpha value is -6.18. The second kappa shape index (κ2) is 10.2. The average Bonchev–Trinajstić information content (AvgIpc) is 3.63. The van der Waals surface area contributed by atoms with Crippen molar-refractivity contribution in [2.75, 3.05) is 0 Å². The lowest BCUT2D eigenvalue weighted by Gasteiger charge is -2.19. The van der Waals surface area contributed by atoms with E-state index in [-0.39, 0.29) is 68.5 Å². The fraction of sp³-hybridized carbons (Fsp3) is 0. The molecule has 0 aliphatic carbocycles. The highest BCUT2D eigenvalue weighted by Gasteiger charge is 2.18. The lowest BCUT2D eigenvalue weighted by molar-refractivity contribution is 0.669. The van der Waals surface area contributed by atoms with Crippen molar-refractivity contribution in [3.63, 3.8) is 0 Å². The van der Waals surface area contributed by atoms with Gasteiger partial charge in [0.25, 0.3) is 0 Å². The van der Waals surface area contributed by atoms with Crippen molar-refractivity contribution in [2.24, 2.45) is 0 Å². The molecule has 0 aliphatic rings. The first-order valence-corrected chi connectivity index (χ1v) is 15.5. The van der Waals surface area contributed by atoms with Crippen molar-refractivity contribution in [1.82, 2.24) is 0 Å². The number of rotatable bonds is 3. The fourth-order valence-electron chi connectivity index (χ4n) is 7.11. The van der Waals surface area contributed by atoms with Crippen molar-refractivity contribution in [1.29, 1.82) is 0 Å². The van der Waals surface area contributed by atoms with Gasteiger partial charge in [0, 0.05) is 10.8 Å². The molecule has 1 nitrogen and oxygen atoms in total. The van der Waals surface area contributed by atoms with Crippen LogP contribution in [0, 0.1) is 0 Å². The maximum Gasteiger partial charge on any atom is 0.136 e. The summed E-state index contributed by atoms with van der Waals surface area (Å²) in [4.78, 5) is 0. The maximum absolute atomic E-state index is 9.25. The first kappa shape index (κ1) is 18.7. The van der Waals surface area contributed by atoms with E-state index in [1.807, 2.05) is 36.4 Å². The van der Waals surface area contributed by atoms with Crippen LogP contribution in [-0.2, 0) is 0 Å². The Labute approximate surface area is 284 Å². The minimum Gasteiger partial charge on any atom is -0.456 e. The summed E-state index contributed by atoms with van der Waals surface area (Å²) >= 11 is 0. The number of benzene rings is 9.